The summed E-state index contributed by atoms with van der Waals surface area (Å²) in [6.07, 6.45) is 5.78. The van der Waals surface area contributed by atoms with Gasteiger partial charge in [0.15, 0.2) is 0 Å². The van der Waals surface area contributed by atoms with E-state index in [0.29, 0.717) is 3.63 Å². The Kier molecular flexibility index (Phi) is 6.26. The molecule has 2 aliphatic carbocycles. The van der Waals surface area contributed by atoms with Crippen LogP contribution >= 0.6 is 0 Å². The van der Waals surface area contributed by atoms with Gasteiger partial charge < -0.3 is 24.8 Å². The second kappa shape index (κ2) is 8.31. The summed E-state index contributed by atoms with van der Waals surface area (Å²) in [5, 5.41) is 0. The summed E-state index contributed by atoms with van der Waals surface area (Å²) >= 11 is 1.57. The minimum atomic E-state index is 0. The van der Waals surface area contributed by atoms with E-state index < -0.39 is 0 Å². The van der Waals surface area contributed by atoms with Crippen molar-refractivity contribution in [2.24, 2.45) is 0 Å². The first kappa shape index (κ1) is 20.3. The van der Waals surface area contributed by atoms with Crippen molar-refractivity contribution >= 4 is 11.1 Å². The van der Waals surface area contributed by atoms with Crippen LogP contribution in [-0.2, 0) is 24.7 Å². The van der Waals surface area contributed by atoms with Gasteiger partial charge in [-0.3, -0.25) is 0 Å². The molecule has 3 aromatic rings. The molecule has 0 aliphatic heterocycles. The third-order valence-electron chi connectivity index (χ3n) is 5.28. The van der Waals surface area contributed by atoms with Crippen molar-refractivity contribution in [3.8, 4) is 11.1 Å². The fourth-order valence-electron chi connectivity index (χ4n) is 4.09. The predicted molar refractivity (Wildman–Crippen MR) is 101 cm³/mol. The van der Waals surface area contributed by atoms with E-state index in [1.54, 1.807) is 24.7 Å². The molecule has 0 N–H and O–H groups in total. The SMILES string of the molecule is [Cl-].[Cl-].[Zr+2][CH]1c2ccccc2-c2cccc(C3=CC(c4ccccc4)=CC3)c21. The molecule has 0 spiro atoms. The van der Waals surface area contributed by atoms with Gasteiger partial charge in [-0.15, -0.1) is 0 Å². The Balaban J connectivity index is 0.00000105. The van der Waals surface area contributed by atoms with Gasteiger partial charge in [-0.1, -0.05) is 0 Å². The molecule has 0 saturated heterocycles. The molecule has 0 saturated carbocycles. The Morgan fingerprint density at radius 3 is 2.19 bits per heavy atom. The molecular weight excluding hydrogens is 450 g/mol. The fourth-order valence-corrected chi connectivity index (χ4v) is 5.47. The Labute approximate surface area is 188 Å². The van der Waals surface area contributed by atoms with Gasteiger partial charge in [0.1, 0.15) is 0 Å². The first-order valence-electron chi connectivity index (χ1n) is 8.73. The van der Waals surface area contributed by atoms with Crippen LogP contribution < -0.4 is 24.8 Å². The first-order chi connectivity index (χ1) is 12.3. The number of hydrogen-bond acceptors (Lipinski definition) is 0. The molecule has 5 rings (SSSR count). The maximum absolute atomic E-state index is 2.39. The van der Waals surface area contributed by atoms with E-state index >= 15 is 0 Å². The molecule has 0 fully saturated rings. The summed E-state index contributed by atoms with van der Waals surface area (Å²) in [6.45, 7) is 0. The van der Waals surface area contributed by atoms with Gasteiger partial charge in [0.05, 0.1) is 0 Å². The van der Waals surface area contributed by atoms with Crippen LogP contribution in [0.2, 0.25) is 0 Å². The molecule has 131 valence electrons. The number of benzene rings is 3. The molecule has 0 nitrogen and oxygen atoms in total. The molecule has 0 radical (unpaired) electrons. The summed E-state index contributed by atoms with van der Waals surface area (Å²) in [5.41, 5.74) is 11.5. The fraction of sp³-hybridized carbons (Fsp3) is 0.0833. The third kappa shape index (κ3) is 3.42. The second-order valence-corrected chi connectivity index (χ2v) is 8.11. The van der Waals surface area contributed by atoms with E-state index in [9.17, 15) is 0 Å². The molecule has 1 atom stereocenters. The van der Waals surface area contributed by atoms with E-state index in [-0.39, 0.29) is 24.8 Å². The summed E-state index contributed by atoms with van der Waals surface area (Å²) in [7, 11) is 0. The van der Waals surface area contributed by atoms with Gasteiger partial charge in [0.25, 0.3) is 0 Å². The van der Waals surface area contributed by atoms with Crippen LogP contribution in [0.3, 0.4) is 0 Å². The normalized spacial score (nSPS) is 16.4. The van der Waals surface area contributed by atoms with Crippen molar-refractivity contribution in [3.05, 3.63) is 107 Å². The standard InChI is InChI=1S/C24H17.2ClH.Zr/c1-2-7-17(8-3-1)18-13-14-20(15-18)22-11-6-12-23-21-10-5-4-9-19(21)16-24(22)23;;;/h1-13,15-16H,14H2;2*1H;/q;;;+2/p-2. The summed E-state index contributed by atoms with van der Waals surface area (Å²) < 4.78 is 0.552. The van der Waals surface area contributed by atoms with Crippen molar-refractivity contribution in [1.29, 1.82) is 0 Å². The van der Waals surface area contributed by atoms with Crippen molar-refractivity contribution in [1.82, 2.24) is 0 Å². The Morgan fingerprint density at radius 2 is 1.37 bits per heavy atom. The Bertz CT molecular complexity index is 1040. The van der Waals surface area contributed by atoms with Gasteiger partial charge in [0, 0.05) is 0 Å². The minimum absolute atomic E-state index is 0. The average molecular weight is 468 g/mol. The number of fused-ring (bicyclic) bond motifs is 3. The molecular formula is C24H17Cl2Zr. The number of hydrogen-bond donors (Lipinski definition) is 0. The van der Waals surface area contributed by atoms with E-state index in [4.69, 9.17) is 0 Å². The van der Waals surface area contributed by atoms with Crippen LogP contribution in [0, 0.1) is 0 Å². The maximum atomic E-state index is 2.39. The summed E-state index contributed by atoms with van der Waals surface area (Å²) in [4.78, 5) is 0. The van der Waals surface area contributed by atoms with Gasteiger partial charge in [-0.05, 0) is 0 Å². The van der Waals surface area contributed by atoms with Gasteiger partial charge in [0.2, 0.25) is 0 Å². The van der Waals surface area contributed by atoms with E-state index in [1.807, 2.05) is 0 Å². The van der Waals surface area contributed by atoms with E-state index in [0.717, 1.165) is 6.42 Å². The van der Waals surface area contributed by atoms with Crippen molar-refractivity contribution < 1.29 is 49.5 Å². The molecule has 2 aliphatic rings. The zero-order chi connectivity index (χ0) is 16.8. The predicted octanol–water partition coefficient (Wildman–Crippen LogP) is 0.182. The molecule has 0 bridgehead atoms. The first-order valence-corrected chi connectivity index (χ1v) is 10.1. The zero-order valence-corrected chi connectivity index (χ0v) is 18.6. The summed E-state index contributed by atoms with van der Waals surface area (Å²) in [6, 6.07) is 26.4. The van der Waals surface area contributed by atoms with Crippen LogP contribution in [0.25, 0.3) is 22.3 Å². The number of allylic oxidation sites excluding steroid dienone is 4. The molecule has 3 heteroatoms. The van der Waals surface area contributed by atoms with Gasteiger partial charge in [-0.25, -0.2) is 0 Å². The van der Waals surface area contributed by atoms with E-state index in [1.165, 1.54) is 44.5 Å². The average Bonchev–Trinajstić information content (AvgIpc) is 3.27. The van der Waals surface area contributed by atoms with Gasteiger partial charge >= 0.3 is 164 Å². The van der Waals surface area contributed by atoms with Crippen LogP contribution in [0.15, 0.2) is 84.9 Å². The molecule has 0 heterocycles. The van der Waals surface area contributed by atoms with Crippen LogP contribution in [0.4, 0.5) is 0 Å². The van der Waals surface area contributed by atoms with Crippen LogP contribution in [-0.4, -0.2) is 0 Å². The van der Waals surface area contributed by atoms with Crippen LogP contribution in [0.1, 0.15) is 32.3 Å². The summed E-state index contributed by atoms with van der Waals surface area (Å²) in [5.74, 6) is 0. The van der Waals surface area contributed by atoms with Crippen molar-refractivity contribution in [3.63, 3.8) is 0 Å². The quantitative estimate of drug-likeness (QED) is 0.505. The van der Waals surface area contributed by atoms with Crippen molar-refractivity contribution in [2.75, 3.05) is 0 Å². The third-order valence-corrected chi connectivity index (χ3v) is 6.76. The number of rotatable bonds is 2. The topological polar surface area (TPSA) is 0 Å². The zero-order valence-electron chi connectivity index (χ0n) is 14.6. The van der Waals surface area contributed by atoms with Crippen LogP contribution in [0.5, 0.6) is 0 Å². The number of halogens is 2. The molecule has 3 aromatic carbocycles. The molecule has 1 unspecified atom stereocenters. The van der Waals surface area contributed by atoms with Crippen molar-refractivity contribution in [2.45, 2.75) is 10.0 Å². The molecule has 27 heavy (non-hydrogen) atoms. The van der Waals surface area contributed by atoms with E-state index in [2.05, 4.69) is 84.9 Å². The monoisotopic (exact) mass is 465 g/mol. The molecule has 0 amide bonds. The Hall–Kier alpha value is -1.40. The molecule has 0 aromatic heterocycles. The Morgan fingerprint density at radius 1 is 0.704 bits per heavy atom. The van der Waals surface area contributed by atoms with Gasteiger partial charge in [-0.2, -0.15) is 0 Å². The second-order valence-electron chi connectivity index (χ2n) is 6.69.